The fourth-order valence-corrected chi connectivity index (χ4v) is 2.35. The third-order valence-electron chi connectivity index (χ3n) is 2.54. The van der Waals surface area contributed by atoms with Crippen molar-refractivity contribution in [1.29, 1.82) is 0 Å². The van der Waals surface area contributed by atoms with Crippen molar-refractivity contribution in [1.82, 2.24) is 5.32 Å². The van der Waals surface area contributed by atoms with Crippen molar-refractivity contribution in [2.75, 3.05) is 12.4 Å². The highest BCUT2D eigenvalue weighted by molar-refractivity contribution is 8.01. The minimum absolute atomic E-state index is 0.126. The molecule has 0 radical (unpaired) electrons. The summed E-state index contributed by atoms with van der Waals surface area (Å²) < 4.78 is 4.81. The van der Waals surface area contributed by atoms with Crippen LogP contribution >= 0.6 is 23.4 Å². The predicted octanol–water partition coefficient (Wildman–Crippen LogP) is 2.64. The number of benzene rings is 1. The molecule has 6 heteroatoms. The predicted molar refractivity (Wildman–Crippen MR) is 81.9 cm³/mol. The van der Waals surface area contributed by atoms with Crippen molar-refractivity contribution in [2.24, 2.45) is 0 Å². The summed E-state index contributed by atoms with van der Waals surface area (Å²) >= 11 is 7.26. The molecule has 0 aliphatic heterocycles. The second-order valence-corrected chi connectivity index (χ2v) is 5.80. The molecular weight excluding hydrogens is 298 g/mol. The lowest BCUT2D eigenvalue weighted by molar-refractivity contribution is -0.139. The number of carbonyl (C=O) groups is 2. The minimum atomic E-state index is -0.318. The third-order valence-corrected chi connectivity index (χ3v) is 4.02. The van der Waals surface area contributed by atoms with E-state index in [1.165, 1.54) is 11.8 Å². The Morgan fingerprint density at radius 3 is 2.75 bits per heavy atom. The van der Waals surface area contributed by atoms with E-state index in [0.717, 1.165) is 5.56 Å². The van der Waals surface area contributed by atoms with Crippen LogP contribution in [0.2, 0.25) is 5.02 Å². The van der Waals surface area contributed by atoms with E-state index < -0.39 is 0 Å². The number of rotatable bonds is 7. The summed E-state index contributed by atoms with van der Waals surface area (Å²) in [5.41, 5.74) is 0.866. The van der Waals surface area contributed by atoms with Crippen molar-refractivity contribution < 1.29 is 14.3 Å². The maximum absolute atomic E-state index is 11.9. The first-order valence-corrected chi connectivity index (χ1v) is 7.75. The Morgan fingerprint density at radius 1 is 1.40 bits per heavy atom. The zero-order valence-electron chi connectivity index (χ0n) is 11.5. The van der Waals surface area contributed by atoms with Gasteiger partial charge in [-0.3, -0.25) is 9.59 Å². The summed E-state index contributed by atoms with van der Waals surface area (Å²) in [4.78, 5) is 23.1. The van der Waals surface area contributed by atoms with Gasteiger partial charge >= 0.3 is 5.97 Å². The molecule has 0 saturated heterocycles. The first-order valence-electron chi connectivity index (χ1n) is 6.33. The Kier molecular flexibility index (Phi) is 7.47. The average Bonchev–Trinajstić information content (AvgIpc) is 2.44. The summed E-state index contributed by atoms with van der Waals surface area (Å²) in [5.74, 6) is -0.253. The molecule has 1 rings (SSSR count). The van der Waals surface area contributed by atoms with Gasteiger partial charge < -0.3 is 10.1 Å². The second kappa shape index (κ2) is 8.87. The highest BCUT2D eigenvalue weighted by atomic mass is 35.5. The quantitative estimate of drug-likeness (QED) is 0.786. The molecule has 0 aliphatic rings. The highest BCUT2D eigenvalue weighted by Crippen LogP contribution is 2.15. The van der Waals surface area contributed by atoms with Crippen molar-refractivity contribution in [3.8, 4) is 0 Å². The van der Waals surface area contributed by atoms with E-state index in [2.05, 4.69) is 5.32 Å². The van der Waals surface area contributed by atoms with Crippen molar-refractivity contribution in [2.45, 2.75) is 25.6 Å². The molecule has 1 unspecified atom stereocenters. The molecule has 1 amide bonds. The van der Waals surface area contributed by atoms with Crippen molar-refractivity contribution in [3.63, 3.8) is 0 Å². The Balaban J connectivity index is 2.35. The van der Waals surface area contributed by atoms with E-state index in [1.54, 1.807) is 19.9 Å². The maximum atomic E-state index is 11.9. The van der Waals surface area contributed by atoms with Crippen LogP contribution in [0.4, 0.5) is 0 Å². The number of ether oxygens (including phenoxy) is 1. The summed E-state index contributed by atoms with van der Waals surface area (Å²) in [7, 11) is 0. The van der Waals surface area contributed by atoms with Gasteiger partial charge in [-0.05, 0) is 25.5 Å². The minimum Gasteiger partial charge on any atom is -0.465 e. The summed E-state index contributed by atoms with van der Waals surface area (Å²) in [6, 6.07) is 7.35. The molecule has 1 aromatic rings. The number of hydrogen-bond acceptors (Lipinski definition) is 4. The van der Waals surface area contributed by atoms with Gasteiger partial charge in [0.25, 0.3) is 0 Å². The molecule has 1 N–H and O–H groups in total. The Labute approximate surface area is 128 Å². The Morgan fingerprint density at radius 2 is 2.10 bits per heavy atom. The van der Waals surface area contributed by atoms with Gasteiger partial charge in [-0.1, -0.05) is 29.8 Å². The molecule has 1 atom stereocenters. The molecule has 0 aromatic heterocycles. The van der Waals surface area contributed by atoms with E-state index in [1.807, 2.05) is 18.2 Å². The van der Waals surface area contributed by atoms with Crippen LogP contribution in [0.15, 0.2) is 24.3 Å². The molecule has 0 saturated carbocycles. The van der Waals surface area contributed by atoms with Crippen LogP contribution < -0.4 is 5.32 Å². The first kappa shape index (κ1) is 16.9. The smallest absolute Gasteiger partial charge is 0.315 e. The normalized spacial score (nSPS) is 11.8. The highest BCUT2D eigenvalue weighted by Gasteiger charge is 2.15. The number of carbonyl (C=O) groups excluding carboxylic acids is 2. The van der Waals surface area contributed by atoms with E-state index in [4.69, 9.17) is 16.3 Å². The summed E-state index contributed by atoms with van der Waals surface area (Å²) in [6.45, 7) is 4.24. The molecule has 4 nitrogen and oxygen atoms in total. The van der Waals surface area contributed by atoms with Gasteiger partial charge in [-0.15, -0.1) is 11.8 Å². The zero-order valence-corrected chi connectivity index (χ0v) is 13.1. The van der Waals surface area contributed by atoms with Crippen LogP contribution in [0.1, 0.15) is 19.4 Å². The monoisotopic (exact) mass is 315 g/mol. The third kappa shape index (κ3) is 5.84. The van der Waals surface area contributed by atoms with Gasteiger partial charge in [0.2, 0.25) is 5.91 Å². The molecular formula is C14H18ClNO3S. The van der Waals surface area contributed by atoms with E-state index in [9.17, 15) is 9.59 Å². The van der Waals surface area contributed by atoms with Crippen LogP contribution in [0.5, 0.6) is 0 Å². The number of halogens is 1. The standard InChI is InChI=1S/C14H18ClNO3S/c1-3-19-13(17)9-20-10(2)14(18)16-8-11-6-4-5-7-12(11)15/h4-7,10H,3,8-9H2,1-2H3,(H,16,18). The molecule has 0 spiro atoms. The largest absolute Gasteiger partial charge is 0.465 e. The fourth-order valence-electron chi connectivity index (χ4n) is 1.44. The van der Waals surface area contributed by atoms with Crippen LogP contribution in [-0.2, 0) is 20.9 Å². The van der Waals surface area contributed by atoms with E-state index in [-0.39, 0.29) is 22.9 Å². The molecule has 20 heavy (non-hydrogen) atoms. The first-order chi connectivity index (χ1) is 9.54. The SMILES string of the molecule is CCOC(=O)CSC(C)C(=O)NCc1ccccc1Cl. The molecule has 0 bridgehead atoms. The van der Waals surface area contributed by atoms with Gasteiger partial charge in [0.1, 0.15) is 0 Å². The van der Waals surface area contributed by atoms with Crippen LogP contribution in [0.25, 0.3) is 0 Å². The van der Waals surface area contributed by atoms with Gasteiger partial charge in [-0.2, -0.15) is 0 Å². The van der Waals surface area contributed by atoms with Gasteiger partial charge in [0, 0.05) is 11.6 Å². The van der Waals surface area contributed by atoms with Crippen molar-refractivity contribution in [3.05, 3.63) is 34.9 Å². The fraction of sp³-hybridized carbons (Fsp3) is 0.429. The number of nitrogens with one attached hydrogen (secondary N) is 1. The summed E-state index contributed by atoms with van der Waals surface area (Å²) in [6.07, 6.45) is 0. The molecule has 1 aromatic carbocycles. The van der Waals surface area contributed by atoms with Crippen molar-refractivity contribution >= 4 is 35.2 Å². The van der Waals surface area contributed by atoms with Crippen LogP contribution in [0, 0.1) is 0 Å². The molecule has 110 valence electrons. The molecule has 0 heterocycles. The number of esters is 1. The number of hydrogen-bond donors (Lipinski definition) is 1. The van der Waals surface area contributed by atoms with Crippen LogP contribution in [-0.4, -0.2) is 29.5 Å². The topological polar surface area (TPSA) is 55.4 Å². The zero-order chi connectivity index (χ0) is 15.0. The van der Waals surface area contributed by atoms with Gasteiger partial charge in [-0.25, -0.2) is 0 Å². The second-order valence-electron chi connectivity index (χ2n) is 4.07. The lowest BCUT2D eigenvalue weighted by Crippen LogP contribution is -2.31. The lowest BCUT2D eigenvalue weighted by Gasteiger charge is -2.12. The van der Waals surface area contributed by atoms with E-state index >= 15 is 0 Å². The lowest BCUT2D eigenvalue weighted by atomic mass is 10.2. The maximum Gasteiger partial charge on any atom is 0.315 e. The number of amides is 1. The average molecular weight is 316 g/mol. The Bertz CT molecular complexity index is 467. The van der Waals surface area contributed by atoms with Gasteiger partial charge in [0.05, 0.1) is 17.6 Å². The summed E-state index contributed by atoms with van der Waals surface area (Å²) in [5, 5.41) is 3.11. The Hall–Kier alpha value is -1.20. The molecule has 0 aliphatic carbocycles. The molecule has 0 fully saturated rings. The van der Waals surface area contributed by atoms with Crippen LogP contribution in [0.3, 0.4) is 0 Å². The number of thioether (sulfide) groups is 1. The van der Waals surface area contributed by atoms with Gasteiger partial charge in [0.15, 0.2) is 0 Å². The van der Waals surface area contributed by atoms with E-state index in [0.29, 0.717) is 18.2 Å².